The molecule has 0 aliphatic carbocycles. The molecule has 0 aliphatic rings. The average Bonchev–Trinajstić information content (AvgIpc) is 2.46. The summed E-state index contributed by atoms with van der Waals surface area (Å²) in [6, 6.07) is 17.0. The van der Waals surface area contributed by atoms with E-state index < -0.39 is 0 Å². The van der Waals surface area contributed by atoms with Crippen molar-refractivity contribution in [3.63, 3.8) is 0 Å². The fourth-order valence-electron chi connectivity index (χ4n) is 1.97. The van der Waals surface area contributed by atoms with Gasteiger partial charge in [0, 0.05) is 21.2 Å². The first kappa shape index (κ1) is 15.6. The van der Waals surface area contributed by atoms with Gasteiger partial charge in [-0.15, -0.1) is 11.8 Å². The first-order valence-corrected chi connectivity index (χ1v) is 8.58. The molecule has 1 unspecified atom stereocenters. The van der Waals surface area contributed by atoms with Gasteiger partial charge in [0.05, 0.1) is 0 Å². The van der Waals surface area contributed by atoms with Gasteiger partial charge in [0.15, 0.2) is 0 Å². The Morgan fingerprint density at radius 1 is 1.00 bits per heavy atom. The summed E-state index contributed by atoms with van der Waals surface area (Å²) >= 11 is 5.36. The van der Waals surface area contributed by atoms with Crippen LogP contribution < -0.4 is 5.73 Å². The summed E-state index contributed by atoms with van der Waals surface area (Å²) in [5, 5.41) is 0. The lowest BCUT2D eigenvalue weighted by Crippen LogP contribution is -2.13. The zero-order valence-corrected chi connectivity index (χ0v) is 14.2. The van der Waals surface area contributed by atoms with Gasteiger partial charge in [-0.05, 0) is 45.1 Å². The van der Waals surface area contributed by atoms with Gasteiger partial charge in [0.2, 0.25) is 0 Å². The van der Waals surface area contributed by atoms with Crippen LogP contribution in [0.5, 0.6) is 0 Å². The van der Waals surface area contributed by atoms with Gasteiger partial charge in [0.25, 0.3) is 0 Å². The van der Waals surface area contributed by atoms with Crippen LogP contribution in [0.25, 0.3) is 0 Å². The normalized spacial score (nSPS) is 12.7. The van der Waals surface area contributed by atoms with E-state index in [0.717, 1.165) is 10.2 Å². The third-order valence-electron chi connectivity index (χ3n) is 3.29. The van der Waals surface area contributed by atoms with Crippen LogP contribution in [0, 0.1) is 0 Å². The third-order valence-corrected chi connectivity index (χ3v) is 5.43. The maximum Gasteiger partial charge on any atom is 0.0390 e. The number of thioether (sulfide) groups is 1. The van der Waals surface area contributed by atoms with Crippen LogP contribution in [0.2, 0.25) is 0 Å². The minimum absolute atomic E-state index is 0.0633. The summed E-state index contributed by atoms with van der Waals surface area (Å²) in [4.78, 5) is 1.24. The minimum Gasteiger partial charge on any atom is -0.323 e. The SMILES string of the molecule is CC(C)c1ccc(C(N)CSc2ccccc2Br)cc1. The van der Waals surface area contributed by atoms with E-state index in [9.17, 15) is 0 Å². The summed E-state index contributed by atoms with van der Waals surface area (Å²) < 4.78 is 1.13. The van der Waals surface area contributed by atoms with Gasteiger partial charge in [-0.2, -0.15) is 0 Å². The van der Waals surface area contributed by atoms with Crippen LogP contribution in [0.1, 0.15) is 36.9 Å². The van der Waals surface area contributed by atoms with Crippen molar-refractivity contribution in [1.82, 2.24) is 0 Å². The lowest BCUT2D eigenvalue weighted by Gasteiger charge is -2.14. The van der Waals surface area contributed by atoms with Crippen LogP contribution in [-0.2, 0) is 0 Å². The van der Waals surface area contributed by atoms with E-state index in [4.69, 9.17) is 5.73 Å². The molecule has 0 aromatic heterocycles. The molecule has 2 rings (SSSR count). The van der Waals surface area contributed by atoms with Crippen molar-refractivity contribution >= 4 is 27.7 Å². The molecule has 0 radical (unpaired) electrons. The van der Waals surface area contributed by atoms with Gasteiger partial charge in [-0.1, -0.05) is 50.2 Å². The Kier molecular flexibility index (Phi) is 5.70. The fourth-order valence-corrected chi connectivity index (χ4v) is 3.53. The van der Waals surface area contributed by atoms with Gasteiger partial charge in [-0.3, -0.25) is 0 Å². The topological polar surface area (TPSA) is 26.0 Å². The lowest BCUT2D eigenvalue weighted by molar-refractivity contribution is 0.822. The van der Waals surface area contributed by atoms with Crippen molar-refractivity contribution in [2.75, 3.05) is 5.75 Å². The fraction of sp³-hybridized carbons (Fsp3) is 0.294. The van der Waals surface area contributed by atoms with Crippen LogP contribution >= 0.6 is 27.7 Å². The standard InChI is InChI=1S/C17H20BrNS/c1-12(2)13-7-9-14(10-8-13)16(19)11-20-17-6-4-3-5-15(17)18/h3-10,12,16H,11,19H2,1-2H3. The summed E-state index contributed by atoms with van der Waals surface area (Å²) in [5.74, 6) is 1.44. The van der Waals surface area contributed by atoms with Gasteiger partial charge >= 0.3 is 0 Å². The quantitative estimate of drug-likeness (QED) is 0.734. The van der Waals surface area contributed by atoms with E-state index in [1.54, 1.807) is 11.8 Å². The monoisotopic (exact) mass is 349 g/mol. The second kappa shape index (κ2) is 7.30. The van der Waals surface area contributed by atoms with Crippen molar-refractivity contribution in [3.8, 4) is 0 Å². The highest BCUT2D eigenvalue weighted by molar-refractivity contribution is 9.10. The van der Waals surface area contributed by atoms with Gasteiger partial charge in [-0.25, -0.2) is 0 Å². The predicted molar refractivity (Wildman–Crippen MR) is 92.3 cm³/mol. The molecule has 20 heavy (non-hydrogen) atoms. The molecule has 2 aromatic carbocycles. The van der Waals surface area contributed by atoms with Crippen LogP contribution in [0.3, 0.4) is 0 Å². The molecular formula is C17H20BrNS. The van der Waals surface area contributed by atoms with Crippen LogP contribution in [0.15, 0.2) is 57.9 Å². The first-order chi connectivity index (χ1) is 9.58. The van der Waals surface area contributed by atoms with E-state index in [0.29, 0.717) is 5.92 Å². The van der Waals surface area contributed by atoms with Crippen molar-refractivity contribution in [2.24, 2.45) is 5.73 Å². The molecule has 1 atom stereocenters. The molecule has 106 valence electrons. The van der Waals surface area contributed by atoms with E-state index in [1.165, 1.54) is 16.0 Å². The van der Waals surface area contributed by atoms with Crippen molar-refractivity contribution in [3.05, 3.63) is 64.1 Å². The molecule has 0 aliphatic heterocycles. The number of hydrogen-bond donors (Lipinski definition) is 1. The maximum atomic E-state index is 6.28. The van der Waals surface area contributed by atoms with Crippen molar-refractivity contribution in [2.45, 2.75) is 30.7 Å². The number of nitrogens with two attached hydrogens (primary N) is 1. The number of halogens is 1. The molecule has 0 fully saturated rings. The summed E-state index contributed by atoms with van der Waals surface area (Å²) in [5.41, 5.74) is 8.85. The Morgan fingerprint density at radius 2 is 1.60 bits per heavy atom. The average molecular weight is 350 g/mol. The van der Waals surface area contributed by atoms with E-state index in [2.05, 4.69) is 72.2 Å². The first-order valence-electron chi connectivity index (χ1n) is 6.80. The molecule has 0 saturated heterocycles. The van der Waals surface area contributed by atoms with E-state index in [1.807, 2.05) is 6.07 Å². The Morgan fingerprint density at radius 3 is 2.20 bits per heavy atom. The van der Waals surface area contributed by atoms with Gasteiger partial charge in [0.1, 0.15) is 0 Å². The summed E-state index contributed by atoms with van der Waals surface area (Å²) in [6.45, 7) is 4.41. The van der Waals surface area contributed by atoms with Crippen LogP contribution in [0.4, 0.5) is 0 Å². The molecule has 0 bridgehead atoms. The summed E-state index contributed by atoms with van der Waals surface area (Å²) in [7, 11) is 0. The highest BCUT2D eigenvalue weighted by Crippen LogP contribution is 2.30. The van der Waals surface area contributed by atoms with Gasteiger partial charge < -0.3 is 5.73 Å². The highest BCUT2D eigenvalue weighted by atomic mass is 79.9. The molecule has 2 N–H and O–H groups in total. The Labute approximate surface area is 134 Å². The molecule has 3 heteroatoms. The number of hydrogen-bond acceptors (Lipinski definition) is 2. The molecule has 0 saturated carbocycles. The number of rotatable bonds is 5. The lowest BCUT2D eigenvalue weighted by atomic mass is 10.00. The second-order valence-corrected chi connectivity index (χ2v) is 7.09. The smallest absolute Gasteiger partial charge is 0.0390 e. The summed E-state index contributed by atoms with van der Waals surface area (Å²) in [6.07, 6.45) is 0. The third kappa shape index (κ3) is 4.11. The van der Waals surface area contributed by atoms with E-state index >= 15 is 0 Å². The van der Waals surface area contributed by atoms with Crippen molar-refractivity contribution in [1.29, 1.82) is 0 Å². The van der Waals surface area contributed by atoms with Crippen molar-refractivity contribution < 1.29 is 0 Å². The predicted octanol–water partition coefficient (Wildman–Crippen LogP) is 5.36. The highest BCUT2D eigenvalue weighted by Gasteiger charge is 2.08. The zero-order chi connectivity index (χ0) is 14.5. The Hall–Kier alpha value is -0.770. The zero-order valence-electron chi connectivity index (χ0n) is 11.8. The molecular weight excluding hydrogens is 330 g/mol. The van der Waals surface area contributed by atoms with E-state index in [-0.39, 0.29) is 6.04 Å². The minimum atomic E-state index is 0.0633. The largest absolute Gasteiger partial charge is 0.323 e. The maximum absolute atomic E-state index is 6.28. The molecule has 0 heterocycles. The Bertz CT molecular complexity index is 551. The molecule has 0 amide bonds. The molecule has 2 aromatic rings. The molecule has 1 nitrogen and oxygen atoms in total. The van der Waals surface area contributed by atoms with Crippen LogP contribution in [-0.4, -0.2) is 5.75 Å². The second-order valence-electron chi connectivity index (χ2n) is 5.17. The number of benzene rings is 2. The molecule has 0 spiro atoms. The Balaban J connectivity index is 1.98.